The first-order chi connectivity index (χ1) is 14.3. The minimum atomic E-state index is -2.64. The molecule has 2 heterocycles. The van der Waals surface area contributed by atoms with Gasteiger partial charge >= 0.3 is 0 Å². The third-order valence-corrected chi connectivity index (χ3v) is 7.74. The van der Waals surface area contributed by atoms with E-state index in [-0.39, 0.29) is 36.8 Å². The number of halogens is 2. The van der Waals surface area contributed by atoms with E-state index >= 15 is 0 Å². The van der Waals surface area contributed by atoms with Crippen molar-refractivity contribution < 1.29 is 23.1 Å². The second-order valence-electron chi connectivity index (χ2n) is 8.70. The number of thiazole rings is 1. The van der Waals surface area contributed by atoms with E-state index in [1.165, 1.54) is 16.2 Å². The van der Waals surface area contributed by atoms with E-state index in [0.717, 1.165) is 17.5 Å². The molecule has 30 heavy (non-hydrogen) atoms. The van der Waals surface area contributed by atoms with E-state index in [9.17, 15) is 18.4 Å². The Kier molecular flexibility index (Phi) is 4.59. The second kappa shape index (κ2) is 6.95. The van der Waals surface area contributed by atoms with Crippen LogP contribution in [-0.4, -0.2) is 53.9 Å². The second-order valence-corrected chi connectivity index (χ2v) is 9.73. The first-order valence-electron chi connectivity index (χ1n) is 10.2. The highest BCUT2D eigenvalue weighted by atomic mass is 32.1. The zero-order chi connectivity index (χ0) is 21.1. The number of hydrogen-bond acceptors (Lipinski definition) is 5. The van der Waals surface area contributed by atoms with Crippen molar-refractivity contribution in [2.75, 3.05) is 25.5 Å². The van der Waals surface area contributed by atoms with Crippen molar-refractivity contribution in [1.82, 2.24) is 9.88 Å². The Morgan fingerprint density at radius 3 is 2.80 bits per heavy atom. The molecule has 0 bridgehead atoms. The highest BCUT2D eigenvalue weighted by Gasteiger charge is 2.73. The molecule has 6 nitrogen and oxygen atoms in total. The average Bonchev–Trinajstić information content (AvgIpc) is 3.23. The van der Waals surface area contributed by atoms with Crippen LogP contribution in [0.2, 0.25) is 0 Å². The monoisotopic (exact) mass is 435 g/mol. The highest BCUT2D eigenvalue weighted by Crippen LogP contribution is 2.65. The number of hydrogen-bond donors (Lipinski definition) is 1. The normalized spacial score (nSPS) is 29.6. The number of anilines is 1. The standard InChI is InChI=1S/C21H23F2N3O3S/c1-29-14-4-2-12(8-14)17(27)25-19-24-15-5-3-13(9-16(15)30-19)18(28)26-7-6-20(11-26)10-21(20,22)23/h3,5,9,12,14H,2,4,6-8,10-11H2,1H3,(H,24,25,27). The number of alkyl halides is 2. The number of likely N-dealkylation sites (tertiary alicyclic amines) is 1. The summed E-state index contributed by atoms with van der Waals surface area (Å²) < 4.78 is 33.3. The Bertz CT molecular complexity index is 1030. The number of carbonyl (C=O) groups excluding carboxylic acids is 2. The Morgan fingerprint density at radius 1 is 1.33 bits per heavy atom. The van der Waals surface area contributed by atoms with Crippen LogP contribution in [0.5, 0.6) is 0 Å². The predicted molar refractivity (Wildman–Crippen MR) is 109 cm³/mol. The fraction of sp³-hybridized carbons (Fsp3) is 0.571. The van der Waals surface area contributed by atoms with Crippen LogP contribution in [0.25, 0.3) is 10.2 Å². The minimum Gasteiger partial charge on any atom is -0.381 e. The van der Waals surface area contributed by atoms with Crippen LogP contribution in [-0.2, 0) is 9.53 Å². The Hall–Kier alpha value is -2.13. The van der Waals surface area contributed by atoms with Crippen molar-refractivity contribution in [3.63, 3.8) is 0 Å². The van der Waals surface area contributed by atoms with Gasteiger partial charge in [0.25, 0.3) is 11.8 Å². The summed E-state index contributed by atoms with van der Waals surface area (Å²) in [5, 5.41) is 3.38. The molecule has 2 saturated carbocycles. The molecular formula is C21H23F2N3O3S. The van der Waals surface area contributed by atoms with Gasteiger partial charge in [-0.05, 0) is 43.9 Å². The number of rotatable bonds is 4. The van der Waals surface area contributed by atoms with E-state index in [4.69, 9.17) is 4.74 Å². The van der Waals surface area contributed by atoms with Crippen LogP contribution in [0.4, 0.5) is 13.9 Å². The van der Waals surface area contributed by atoms with Gasteiger partial charge in [-0.2, -0.15) is 0 Å². The highest BCUT2D eigenvalue weighted by molar-refractivity contribution is 7.22. The van der Waals surface area contributed by atoms with Crippen molar-refractivity contribution in [3.8, 4) is 0 Å². The minimum absolute atomic E-state index is 0.0577. The molecule has 3 unspecified atom stereocenters. The van der Waals surface area contributed by atoms with Crippen LogP contribution in [0.1, 0.15) is 42.5 Å². The number of amides is 2. The lowest BCUT2D eigenvalue weighted by atomic mass is 10.1. The van der Waals surface area contributed by atoms with E-state index in [1.54, 1.807) is 25.3 Å². The molecule has 1 spiro atoms. The Morgan fingerprint density at radius 2 is 2.13 bits per heavy atom. The molecule has 3 atom stereocenters. The molecule has 3 aliphatic rings. The van der Waals surface area contributed by atoms with Crippen LogP contribution >= 0.6 is 11.3 Å². The number of carbonyl (C=O) groups is 2. The van der Waals surface area contributed by atoms with E-state index < -0.39 is 11.3 Å². The molecule has 2 aliphatic carbocycles. The van der Waals surface area contributed by atoms with Crippen molar-refractivity contribution in [2.24, 2.45) is 11.3 Å². The smallest absolute Gasteiger partial charge is 0.256 e. The Labute approximate surface area is 176 Å². The Balaban J connectivity index is 1.27. The molecule has 9 heteroatoms. The van der Waals surface area contributed by atoms with Gasteiger partial charge in [0.15, 0.2) is 5.13 Å². The summed E-state index contributed by atoms with van der Waals surface area (Å²) in [6.07, 6.45) is 2.75. The molecule has 3 fully saturated rings. The molecule has 1 saturated heterocycles. The van der Waals surface area contributed by atoms with E-state index in [1.807, 2.05) is 0 Å². The fourth-order valence-electron chi connectivity index (χ4n) is 4.76. The lowest BCUT2D eigenvalue weighted by molar-refractivity contribution is -0.119. The number of nitrogens with one attached hydrogen (secondary N) is 1. The largest absolute Gasteiger partial charge is 0.381 e. The quantitative estimate of drug-likeness (QED) is 0.790. The number of aromatic nitrogens is 1. The summed E-state index contributed by atoms with van der Waals surface area (Å²) in [7, 11) is 1.66. The molecule has 1 aliphatic heterocycles. The zero-order valence-corrected chi connectivity index (χ0v) is 17.4. The van der Waals surface area contributed by atoms with Gasteiger partial charge in [0.05, 0.1) is 21.7 Å². The van der Waals surface area contributed by atoms with Gasteiger partial charge in [-0.3, -0.25) is 9.59 Å². The molecule has 5 rings (SSSR count). The number of benzene rings is 1. The van der Waals surface area contributed by atoms with Gasteiger partial charge in [0.2, 0.25) is 5.91 Å². The molecule has 0 radical (unpaired) electrons. The van der Waals surface area contributed by atoms with Gasteiger partial charge in [0.1, 0.15) is 0 Å². The van der Waals surface area contributed by atoms with Gasteiger partial charge in [0, 0.05) is 38.1 Å². The van der Waals surface area contributed by atoms with Crippen molar-refractivity contribution in [3.05, 3.63) is 23.8 Å². The first-order valence-corrected chi connectivity index (χ1v) is 11.0. The SMILES string of the molecule is COC1CCC(C(=O)Nc2nc3ccc(C(=O)N4CCC5(C4)CC5(F)F)cc3s2)C1. The van der Waals surface area contributed by atoms with Gasteiger partial charge < -0.3 is 15.0 Å². The van der Waals surface area contributed by atoms with Crippen LogP contribution in [0.15, 0.2) is 18.2 Å². The zero-order valence-electron chi connectivity index (χ0n) is 16.6. The maximum atomic E-state index is 13.6. The number of nitrogens with zero attached hydrogens (tertiary/aromatic N) is 2. The lowest BCUT2D eigenvalue weighted by Gasteiger charge is -2.16. The number of methoxy groups -OCH3 is 1. The third-order valence-electron chi connectivity index (χ3n) is 6.81. The lowest BCUT2D eigenvalue weighted by Crippen LogP contribution is -2.29. The summed E-state index contributed by atoms with van der Waals surface area (Å²) in [6.45, 7) is 0.477. The van der Waals surface area contributed by atoms with Gasteiger partial charge in [-0.25, -0.2) is 13.8 Å². The topological polar surface area (TPSA) is 71.5 Å². The van der Waals surface area contributed by atoms with Crippen LogP contribution < -0.4 is 5.32 Å². The molecule has 1 aromatic heterocycles. The van der Waals surface area contributed by atoms with Crippen molar-refractivity contribution in [2.45, 2.75) is 44.1 Å². The van der Waals surface area contributed by atoms with E-state index in [0.29, 0.717) is 35.6 Å². The summed E-state index contributed by atoms with van der Waals surface area (Å²) in [5.74, 6) is -3.01. The molecule has 1 aromatic carbocycles. The van der Waals surface area contributed by atoms with Crippen molar-refractivity contribution >= 4 is 38.5 Å². The van der Waals surface area contributed by atoms with Crippen LogP contribution in [0, 0.1) is 11.3 Å². The number of ether oxygens (including phenoxy) is 1. The summed E-state index contributed by atoms with van der Waals surface area (Å²) >= 11 is 1.31. The molecule has 2 amide bonds. The molecular weight excluding hydrogens is 412 g/mol. The van der Waals surface area contributed by atoms with Gasteiger partial charge in [-0.1, -0.05) is 11.3 Å². The molecule has 1 N–H and O–H groups in total. The molecule has 2 aromatic rings. The summed E-state index contributed by atoms with van der Waals surface area (Å²) in [5.41, 5.74) is 0.153. The van der Waals surface area contributed by atoms with Gasteiger partial charge in [-0.15, -0.1) is 0 Å². The first kappa shape index (κ1) is 19.8. The third kappa shape index (κ3) is 3.28. The van der Waals surface area contributed by atoms with Crippen LogP contribution in [0.3, 0.4) is 0 Å². The summed E-state index contributed by atoms with van der Waals surface area (Å²) in [4.78, 5) is 31.3. The maximum absolute atomic E-state index is 13.6. The molecule has 160 valence electrons. The summed E-state index contributed by atoms with van der Waals surface area (Å²) in [6, 6.07) is 5.15. The maximum Gasteiger partial charge on any atom is 0.256 e. The fourth-order valence-corrected chi connectivity index (χ4v) is 5.67. The predicted octanol–water partition coefficient (Wildman–Crippen LogP) is 3.92. The van der Waals surface area contributed by atoms with Crippen molar-refractivity contribution in [1.29, 1.82) is 0 Å². The number of fused-ring (bicyclic) bond motifs is 1. The average molecular weight is 435 g/mol. The van der Waals surface area contributed by atoms with E-state index in [2.05, 4.69) is 10.3 Å².